The predicted molar refractivity (Wildman–Crippen MR) is 102 cm³/mol. The van der Waals surface area contributed by atoms with Crippen molar-refractivity contribution in [1.82, 2.24) is 9.97 Å². The van der Waals surface area contributed by atoms with Crippen LogP contribution < -0.4 is 27.8 Å². The first-order valence-corrected chi connectivity index (χ1v) is 8.12. The fraction of sp³-hybridized carbons (Fsp3) is 0.412. The fourth-order valence-electron chi connectivity index (χ4n) is 2.61. The van der Waals surface area contributed by atoms with E-state index in [-0.39, 0.29) is 6.04 Å². The molecular weight excluding hydrogens is 302 g/mol. The summed E-state index contributed by atoms with van der Waals surface area (Å²) in [6, 6.07) is 5.62. The number of aryl methyl sites for hydroxylation is 2. The van der Waals surface area contributed by atoms with Gasteiger partial charge in [-0.1, -0.05) is 0 Å². The summed E-state index contributed by atoms with van der Waals surface area (Å²) in [5.41, 5.74) is 22.1. The molecule has 1 atom stereocenters. The molecule has 7 heteroatoms. The van der Waals surface area contributed by atoms with Crippen LogP contribution in [0.3, 0.4) is 0 Å². The maximum Gasteiger partial charge on any atom is 0.223 e. The van der Waals surface area contributed by atoms with Crippen molar-refractivity contribution in [1.29, 1.82) is 0 Å². The molecule has 0 fully saturated rings. The van der Waals surface area contributed by atoms with Crippen molar-refractivity contribution < 1.29 is 0 Å². The Bertz CT molecular complexity index is 656. The molecule has 0 amide bonds. The lowest BCUT2D eigenvalue weighted by Gasteiger charge is -2.19. The molecule has 0 aliphatic carbocycles. The number of nitrogens with one attached hydrogen (secondary N) is 2. The number of nitrogens with two attached hydrogens (primary N) is 3. The van der Waals surface area contributed by atoms with E-state index in [4.69, 9.17) is 17.2 Å². The molecule has 0 saturated carbocycles. The molecule has 0 aliphatic heterocycles. The lowest BCUT2D eigenvalue weighted by atomic mass is 10.1. The Balaban J connectivity index is 1.80. The van der Waals surface area contributed by atoms with Crippen LogP contribution in [0.5, 0.6) is 0 Å². The number of aromatic nitrogens is 2. The normalized spacial score (nSPS) is 12.0. The van der Waals surface area contributed by atoms with E-state index in [1.165, 1.54) is 0 Å². The highest BCUT2D eigenvalue weighted by Gasteiger charge is 2.09. The molecule has 0 saturated heterocycles. The molecule has 1 heterocycles. The molecule has 130 valence electrons. The average molecular weight is 329 g/mol. The zero-order valence-corrected chi connectivity index (χ0v) is 14.6. The van der Waals surface area contributed by atoms with Crippen LogP contribution in [0.2, 0.25) is 0 Å². The highest BCUT2D eigenvalue weighted by Crippen LogP contribution is 2.30. The van der Waals surface area contributed by atoms with Crippen LogP contribution in [0.25, 0.3) is 0 Å². The van der Waals surface area contributed by atoms with Gasteiger partial charge >= 0.3 is 0 Å². The second-order valence-electron chi connectivity index (χ2n) is 6.16. The Morgan fingerprint density at radius 3 is 2.17 bits per heavy atom. The zero-order chi connectivity index (χ0) is 17.7. The standard InChI is InChI=1S/C17H27N7/c1-10(22-16-14(19)8-13(18)9-15(16)20)5-4-6-21-17-23-11(2)7-12(3)24-17/h7-10,22H,4-6,18-20H2,1-3H3,(H,21,23,24)/t10-/m1/s1. The number of hydrogen-bond acceptors (Lipinski definition) is 7. The summed E-state index contributed by atoms with van der Waals surface area (Å²) in [7, 11) is 0. The van der Waals surface area contributed by atoms with Gasteiger partial charge < -0.3 is 27.8 Å². The van der Waals surface area contributed by atoms with Gasteiger partial charge in [-0.2, -0.15) is 0 Å². The van der Waals surface area contributed by atoms with Gasteiger partial charge in [-0.25, -0.2) is 9.97 Å². The minimum Gasteiger partial charge on any atom is -0.399 e. The highest BCUT2D eigenvalue weighted by molar-refractivity contribution is 5.83. The van der Waals surface area contributed by atoms with Gasteiger partial charge in [0.15, 0.2) is 0 Å². The van der Waals surface area contributed by atoms with Gasteiger partial charge in [-0.3, -0.25) is 0 Å². The third-order valence-corrected chi connectivity index (χ3v) is 3.69. The van der Waals surface area contributed by atoms with Gasteiger partial charge in [0, 0.05) is 29.7 Å². The van der Waals surface area contributed by atoms with Crippen LogP contribution in [0.4, 0.5) is 28.7 Å². The van der Waals surface area contributed by atoms with Crippen LogP contribution in [-0.4, -0.2) is 22.6 Å². The Hall–Kier alpha value is -2.70. The number of benzene rings is 1. The number of nitrogens with zero attached hydrogens (tertiary/aromatic N) is 2. The first-order valence-electron chi connectivity index (χ1n) is 8.12. The van der Waals surface area contributed by atoms with Crippen molar-refractivity contribution in [3.05, 3.63) is 29.6 Å². The average Bonchev–Trinajstić information content (AvgIpc) is 2.46. The number of anilines is 5. The van der Waals surface area contributed by atoms with E-state index in [9.17, 15) is 0 Å². The van der Waals surface area contributed by atoms with E-state index in [2.05, 4.69) is 27.5 Å². The van der Waals surface area contributed by atoms with Crippen LogP contribution in [0.1, 0.15) is 31.2 Å². The molecule has 1 aromatic heterocycles. The van der Waals surface area contributed by atoms with E-state index >= 15 is 0 Å². The monoisotopic (exact) mass is 329 g/mol. The van der Waals surface area contributed by atoms with Crippen molar-refractivity contribution in [3.8, 4) is 0 Å². The summed E-state index contributed by atoms with van der Waals surface area (Å²) >= 11 is 0. The molecular formula is C17H27N7. The largest absolute Gasteiger partial charge is 0.399 e. The summed E-state index contributed by atoms with van der Waals surface area (Å²) in [6.07, 6.45) is 1.93. The van der Waals surface area contributed by atoms with Gasteiger partial charge in [-0.15, -0.1) is 0 Å². The van der Waals surface area contributed by atoms with Crippen molar-refractivity contribution in [2.24, 2.45) is 0 Å². The predicted octanol–water partition coefficient (Wildman–Crippen LogP) is 2.53. The van der Waals surface area contributed by atoms with E-state index in [1.807, 2.05) is 19.9 Å². The van der Waals surface area contributed by atoms with Gasteiger partial charge in [0.1, 0.15) is 0 Å². The van der Waals surface area contributed by atoms with E-state index in [1.54, 1.807) is 12.1 Å². The number of rotatable bonds is 7. The fourth-order valence-corrected chi connectivity index (χ4v) is 2.61. The zero-order valence-electron chi connectivity index (χ0n) is 14.6. The molecule has 0 radical (unpaired) electrons. The Kier molecular flexibility index (Phi) is 5.68. The Morgan fingerprint density at radius 2 is 1.58 bits per heavy atom. The van der Waals surface area contributed by atoms with E-state index in [0.717, 1.165) is 36.5 Å². The molecule has 2 aromatic rings. The summed E-state index contributed by atoms with van der Waals surface area (Å²) in [5, 5.41) is 6.62. The SMILES string of the molecule is Cc1cc(C)nc(NCCC[C@@H](C)Nc2c(N)cc(N)cc2N)n1. The molecule has 0 aliphatic rings. The van der Waals surface area contributed by atoms with Gasteiger partial charge in [-0.05, 0) is 51.8 Å². The van der Waals surface area contributed by atoms with Crippen LogP contribution >= 0.6 is 0 Å². The Labute approximate surface area is 143 Å². The van der Waals surface area contributed by atoms with Crippen molar-refractivity contribution in [3.63, 3.8) is 0 Å². The second-order valence-corrected chi connectivity index (χ2v) is 6.16. The van der Waals surface area contributed by atoms with E-state index in [0.29, 0.717) is 23.0 Å². The molecule has 2 rings (SSSR count). The molecule has 0 unspecified atom stereocenters. The highest BCUT2D eigenvalue weighted by atomic mass is 15.1. The molecule has 8 N–H and O–H groups in total. The van der Waals surface area contributed by atoms with E-state index < -0.39 is 0 Å². The molecule has 0 spiro atoms. The second kappa shape index (κ2) is 7.72. The van der Waals surface area contributed by atoms with Crippen LogP contribution in [-0.2, 0) is 0 Å². The van der Waals surface area contributed by atoms with Crippen LogP contribution in [0.15, 0.2) is 18.2 Å². The minimum atomic E-state index is 0.236. The molecule has 24 heavy (non-hydrogen) atoms. The molecule has 1 aromatic carbocycles. The number of nitrogen functional groups attached to an aromatic ring is 3. The topological polar surface area (TPSA) is 128 Å². The molecule has 7 nitrogen and oxygen atoms in total. The maximum absolute atomic E-state index is 5.98. The first kappa shape index (κ1) is 17.7. The number of hydrogen-bond donors (Lipinski definition) is 5. The summed E-state index contributed by atoms with van der Waals surface area (Å²) < 4.78 is 0. The van der Waals surface area contributed by atoms with Crippen molar-refractivity contribution in [2.75, 3.05) is 34.4 Å². The third kappa shape index (κ3) is 4.91. The molecule has 0 bridgehead atoms. The lowest BCUT2D eigenvalue weighted by molar-refractivity contribution is 0.672. The smallest absolute Gasteiger partial charge is 0.223 e. The maximum atomic E-state index is 5.98. The van der Waals surface area contributed by atoms with Gasteiger partial charge in [0.05, 0.1) is 17.1 Å². The quantitative estimate of drug-likeness (QED) is 0.390. The Morgan fingerprint density at radius 1 is 1.00 bits per heavy atom. The summed E-state index contributed by atoms with van der Waals surface area (Å²) in [6.45, 7) is 6.84. The van der Waals surface area contributed by atoms with Gasteiger partial charge in [0.25, 0.3) is 0 Å². The van der Waals surface area contributed by atoms with Gasteiger partial charge in [0.2, 0.25) is 5.95 Å². The van der Waals surface area contributed by atoms with Crippen LogP contribution in [0, 0.1) is 13.8 Å². The first-order chi connectivity index (χ1) is 11.3. The summed E-state index contributed by atoms with van der Waals surface area (Å²) in [4.78, 5) is 8.73. The lowest BCUT2D eigenvalue weighted by Crippen LogP contribution is -2.19. The van der Waals surface area contributed by atoms with Crippen molar-refractivity contribution in [2.45, 2.75) is 39.7 Å². The van der Waals surface area contributed by atoms with Crippen molar-refractivity contribution >= 4 is 28.7 Å². The third-order valence-electron chi connectivity index (χ3n) is 3.69. The minimum absolute atomic E-state index is 0.236. The summed E-state index contributed by atoms with van der Waals surface area (Å²) in [5.74, 6) is 0.681.